The molecule has 0 saturated heterocycles. The summed E-state index contributed by atoms with van der Waals surface area (Å²) in [5.41, 5.74) is -2.19. The van der Waals surface area contributed by atoms with E-state index >= 15 is 0 Å². The third-order valence-electron chi connectivity index (χ3n) is 3.47. The molecule has 2 atom stereocenters. The van der Waals surface area contributed by atoms with Gasteiger partial charge in [0.2, 0.25) is 5.91 Å². The van der Waals surface area contributed by atoms with Crippen LogP contribution in [0.3, 0.4) is 0 Å². The second-order valence-corrected chi connectivity index (χ2v) is 7.11. The first-order valence-electron chi connectivity index (χ1n) is 8.23. The second-order valence-electron chi connectivity index (χ2n) is 7.11. The summed E-state index contributed by atoms with van der Waals surface area (Å²) in [6.45, 7) is 10.2. The molecule has 24 heavy (non-hydrogen) atoms. The van der Waals surface area contributed by atoms with Crippen molar-refractivity contribution in [2.45, 2.75) is 72.5 Å². The number of carbonyl (C=O) groups is 3. The summed E-state index contributed by atoms with van der Waals surface area (Å²) in [4.78, 5) is 34.2. The largest absolute Gasteiger partial charge is 0.463 e. The van der Waals surface area contributed by atoms with Gasteiger partial charge in [0.15, 0.2) is 0 Å². The van der Waals surface area contributed by atoms with Gasteiger partial charge in [0.1, 0.15) is 12.2 Å². The first-order chi connectivity index (χ1) is 10.9. The molecule has 0 spiro atoms. The molecule has 0 aliphatic heterocycles. The molecule has 0 aromatic heterocycles. The van der Waals surface area contributed by atoms with Crippen LogP contribution in [0, 0.1) is 5.41 Å². The highest BCUT2D eigenvalue weighted by Crippen LogP contribution is 2.18. The number of carbonyl (C=O) groups excluding carboxylic acids is 3. The summed E-state index contributed by atoms with van der Waals surface area (Å²) in [5, 5.41) is 12.2. The van der Waals surface area contributed by atoms with Gasteiger partial charge in [-0.25, -0.2) is 0 Å². The molecular formula is C17H31NO6. The van der Waals surface area contributed by atoms with Gasteiger partial charge in [0.25, 0.3) is 5.91 Å². The summed E-state index contributed by atoms with van der Waals surface area (Å²) in [7, 11) is 0. The van der Waals surface area contributed by atoms with Crippen molar-refractivity contribution in [3.05, 3.63) is 0 Å². The average molecular weight is 345 g/mol. The molecule has 7 nitrogen and oxygen atoms in total. The second kappa shape index (κ2) is 9.74. The number of rotatable bonds is 9. The fraction of sp³-hybridized carbons (Fsp3) is 0.824. The van der Waals surface area contributed by atoms with Gasteiger partial charge in [-0.1, -0.05) is 6.92 Å². The topological polar surface area (TPSA) is 102 Å². The summed E-state index contributed by atoms with van der Waals surface area (Å²) >= 11 is 0. The van der Waals surface area contributed by atoms with Gasteiger partial charge < -0.3 is 14.6 Å². The molecular weight excluding hydrogens is 314 g/mol. The maximum absolute atomic E-state index is 11.7. The minimum absolute atomic E-state index is 0.159. The number of nitrogens with one attached hydrogen (secondary N) is 1. The number of aliphatic hydroxyl groups is 1. The Labute approximate surface area is 144 Å². The van der Waals surface area contributed by atoms with Gasteiger partial charge in [-0.3, -0.25) is 19.7 Å². The monoisotopic (exact) mass is 345 g/mol. The molecule has 0 saturated carbocycles. The molecule has 0 rings (SSSR count). The lowest BCUT2D eigenvalue weighted by Gasteiger charge is -2.24. The first-order valence-corrected chi connectivity index (χ1v) is 8.23. The molecule has 0 aromatic carbocycles. The quantitative estimate of drug-likeness (QED) is 0.486. The zero-order valence-electron chi connectivity index (χ0n) is 15.6. The van der Waals surface area contributed by atoms with E-state index in [2.05, 4.69) is 5.32 Å². The van der Waals surface area contributed by atoms with Crippen LogP contribution in [0.4, 0.5) is 0 Å². The van der Waals surface area contributed by atoms with Crippen LogP contribution < -0.4 is 5.32 Å². The number of amides is 2. The van der Waals surface area contributed by atoms with E-state index in [1.807, 2.05) is 6.92 Å². The Morgan fingerprint density at radius 2 is 1.71 bits per heavy atom. The van der Waals surface area contributed by atoms with E-state index in [1.165, 1.54) is 13.8 Å². The van der Waals surface area contributed by atoms with Crippen LogP contribution in [0.2, 0.25) is 0 Å². The van der Waals surface area contributed by atoms with Gasteiger partial charge in [0.05, 0.1) is 18.1 Å². The van der Waals surface area contributed by atoms with Crippen molar-refractivity contribution in [2.24, 2.45) is 5.41 Å². The minimum Gasteiger partial charge on any atom is -0.463 e. The third-order valence-corrected chi connectivity index (χ3v) is 3.47. The van der Waals surface area contributed by atoms with E-state index in [1.54, 1.807) is 20.8 Å². The Morgan fingerprint density at radius 3 is 2.17 bits per heavy atom. The molecule has 0 radical (unpaired) electrons. The van der Waals surface area contributed by atoms with Crippen LogP contribution >= 0.6 is 0 Å². The van der Waals surface area contributed by atoms with E-state index in [0.717, 1.165) is 0 Å². The highest BCUT2D eigenvalue weighted by atomic mass is 16.6. The van der Waals surface area contributed by atoms with Crippen molar-refractivity contribution in [1.29, 1.82) is 0 Å². The molecule has 0 aliphatic carbocycles. The predicted octanol–water partition coefficient (Wildman–Crippen LogP) is 1.56. The van der Waals surface area contributed by atoms with Crippen LogP contribution in [0.1, 0.15) is 60.8 Å². The van der Waals surface area contributed by atoms with Crippen molar-refractivity contribution in [1.82, 2.24) is 5.32 Å². The van der Waals surface area contributed by atoms with Crippen LogP contribution in [-0.4, -0.2) is 47.8 Å². The maximum Gasteiger partial charge on any atom is 0.311 e. The van der Waals surface area contributed by atoms with Crippen molar-refractivity contribution in [3.8, 4) is 0 Å². The number of hydrogen-bond donors (Lipinski definition) is 2. The van der Waals surface area contributed by atoms with Gasteiger partial charge in [-0.2, -0.15) is 0 Å². The van der Waals surface area contributed by atoms with E-state index in [0.29, 0.717) is 12.8 Å². The van der Waals surface area contributed by atoms with Crippen molar-refractivity contribution in [2.75, 3.05) is 13.2 Å². The number of esters is 1. The Kier molecular flexibility index (Phi) is 9.14. The number of ether oxygens (including phenoxy) is 2. The summed E-state index contributed by atoms with van der Waals surface area (Å²) < 4.78 is 10.7. The lowest BCUT2D eigenvalue weighted by Crippen LogP contribution is -2.46. The fourth-order valence-electron chi connectivity index (χ4n) is 1.82. The Bertz CT molecular complexity index is 439. The van der Waals surface area contributed by atoms with Crippen LogP contribution in [-0.2, 0) is 23.9 Å². The van der Waals surface area contributed by atoms with E-state index < -0.39 is 22.8 Å². The maximum atomic E-state index is 11.7. The summed E-state index contributed by atoms with van der Waals surface area (Å²) in [5.74, 6) is -1.52. The molecule has 2 unspecified atom stereocenters. The zero-order valence-corrected chi connectivity index (χ0v) is 15.6. The summed E-state index contributed by atoms with van der Waals surface area (Å²) in [6.07, 6.45) is 1.13. The Balaban J connectivity index is 4.21. The SMILES string of the molecule is CCC(CCC(C)(O)C(=O)NC(C)=O)OCCOC(=O)C(C)(C)C. The standard InChI is InChI=1S/C17H31NO6/c1-7-13(23-10-11-24-15(21)16(3,4)5)8-9-17(6,22)14(20)18-12(2)19/h13,22H,7-11H2,1-6H3,(H,18,19,20). The lowest BCUT2D eigenvalue weighted by atomic mass is 9.96. The Morgan fingerprint density at radius 1 is 1.12 bits per heavy atom. The molecule has 0 aromatic rings. The molecule has 2 amide bonds. The first kappa shape index (κ1) is 22.5. The van der Waals surface area contributed by atoms with Crippen molar-refractivity contribution >= 4 is 17.8 Å². The highest BCUT2D eigenvalue weighted by molar-refractivity contribution is 5.98. The highest BCUT2D eigenvalue weighted by Gasteiger charge is 2.31. The van der Waals surface area contributed by atoms with Crippen molar-refractivity contribution < 1.29 is 29.0 Å². The molecule has 0 aliphatic rings. The van der Waals surface area contributed by atoms with Gasteiger partial charge in [0, 0.05) is 6.92 Å². The molecule has 2 N–H and O–H groups in total. The minimum atomic E-state index is -1.64. The zero-order chi connectivity index (χ0) is 19.0. The Hall–Kier alpha value is -1.47. The summed E-state index contributed by atoms with van der Waals surface area (Å²) in [6, 6.07) is 0. The van der Waals surface area contributed by atoms with Gasteiger partial charge >= 0.3 is 5.97 Å². The molecule has 7 heteroatoms. The molecule has 0 fully saturated rings. The van der Waals surface area contributed by atoms with Gasteiger partial charge in [-0.05, 0) is 47.0 Å². The molecule has 140 valence electrons. The van der Waals surface area contributed by atoms with E-state index in [9.17, 15) is 19.5 Å². The third kappa shape index (κ3) is 8.98. The van der Waals surface area contributed by atoms with E-state index in [-0.39, 0.29) is 31.7 Å². The van der Waals surface area contributed by atoms with Crippen LogP contribution in [0.5, 0.6) is 0 Å². The molecule has 0 bridgehead atoms. The van der Waals surface area contributed by atoms with Crippen LogP contribution in [0.25, 0.3) is 0 Å². The van der Waals surface area contributed by atoms with E-state index in [4.69, 9.17) is 9.47 Å². The van der Waals surface area contributed by atoms with Crippen molar-refractivity contribution in [3.63, 3.8) is 0 Å². The number of imide groups is 1. The smallest absolute Gasteiger partial charge is 0.311 e. The predicted molar refractivity (Wildman–Crippen MR) is 89.1 cm³/mol. The lowest BCUT2D eigenvalue weighted by molar-refractivity contribution is -0.155. The fourth-order valence-corrected chi connectivity index (χ4v) is 1.82. The normalized spacial score (nSPS) is 15.3. The van der Waals surface area contributed by atoms with Gasteiger partial charge in [-0.15, -0.1) is 0 Å². The number of hydrogen-bond acceptors (Lipinski definition) is 6. The molecule has 0 heterocycles. The average Bonchev–Trinajstić information content (AvgIpc) is 2.44. The van der Waals surface area contributed by atoms with Crippen LogP contribution in [0.15, 0.2) is 0 Å².